The second-order valence-corrected chi connectivity index (χ2v) is 5.75. The summed E-state index contributed by atoms with van der Waals surface area (Å²) in [5.74, 6) is 0.625. The topological polar surface area (TPSA) is 84.2 Å². The van der Waals surface area contributed by atoms with Crippen molar-refractivity contribution in [3.8, 4) is 0 Å². The summed E-state index contributed by atoms with van der Waals surface area (Å²) >= 11 is 0. The molecular formula is C10H19N3O3S. The Kier molecular flexibility index (Phi) is 4.67. The molecule has 0 amide bonds. The first-order valence-electron chi connectivity index (χ1n) is 5.54. The molecule has 0 radical (unpaired) electrons. The molecule has 1 rings (SSSR count). The van der Waals surface area contributed by atoms with Gasteiger partial charge in [-0.1, -0.05) is 13.3 Å². The highest BCUT2D eigenvalue weighted by Crippen LogP contribution is 2.07. The molecule has 0 aliphatic carbocycles. The van der Waals surface area contributed by atoms with Crippen LogP contribution >= 0.6 is 0 Å². The minimum atomic E-state index is -3.62. The number of aromatic nitrogens is 2. The molecule has 17 heavy (non-hydrogen) atoms. The van der Waals surface area contributed by atoms with E-state index in [1.165, 1.54) is 6.20 Å². The summed E-state index contributed by atoms with van der Waals surface area (Å²) in [5.41, 5.74) is 0. The van der Waals surface area contributed by atoms with Gasteiger partial charge in [-0.3, -0.25) is 0 Å². The highest BCUT2D eigenvalue weighted by molar-refractivity contribution is 7.89. The van der Waals surface area contributed by atoms with Crippen LogP contribution in [0.25, 0.3) is 0 Å². The standard InChI is InChI=1S/C10H19N3O3S/c1-4-5-9(14)6-11-17(15,16)10-7-13(3)8(2)12-10/h7,9,11,14H,4-6H2,1-3H3. The Hall–Kier alpha value is -0.920. The summed E-state index contributed by atoms with van der Waals surface area (Å²) in [6.07, 6.45) is 2.18. The lowest BCUT2D eigenvalue weighted by Gasteiger charge is -2.09. The zero-order valence-corrected chi connectivity index (χ0v) is 11.2. The molecule has 1 aromatic heterocycles. The molecule has 1 aromatic rings. The fourth-order valence-electron chi connectivity index (χ4n) is 1.37. The van der Waals surface area contributed by atoms with Crippen molar-refractivity contribution in [1.82, 2.24) is 14.3 Å². The Morgan fingerprint density at radius 2 is 2.24 bits per heavy atom. The number of nitrogens with one attached hydrogen (secondary N) is 1. The van der Waals surface area contributed by atoms with Gasteiger partial charge in [0.25, 0.3) is 10.0 Å². The molecule has 0 bridgehead atoms. The van der Waals surface area contributed by atoms with Crippen molar-refractivity contribution in [2.24, 2.45) is 7.05 Å². The number of aliphatic hydroxyl groups is 1. The van der Waals surface area contributed by atoms with Gasteiger partial charge in [0.05, 0.1) is 6.10 Å². The van der Waals surface area contributed by atoms with E-state index in [2.05, 4.69) is 9.71 Å². The van der Waals surface area contributed by atoms with E-state index < -0.39 is 16.1 Å². The van der Waals surface area contributed by atoms with Crippen molar-refractivity contribution < 1.29 is 13.5 Å². The number of hydrogen-bond donors (Lipinski definition) is 2. The van der Waals surface area contributed by atoms with Crippen LogP contribution in [0.3, 0.4) is 0 Å². The van der Waals surface area contributed by atoms with Crippen LogP contribution in [0.4, 0.5) is 0 Å². The monoisotopic (exact) mass is 261 g/mol. The van der Waals surface area contributed by atoms with Crippen LogP contribution in [0.5, 0.6) is 0 Å². The van der Waals surface area contributed by atoms with Crippen LogP contribution in [0.1, 0.15) is 25.6 Å². The molecule has 6 nitrogen and oxygen atoms in total. The Labute approximate surface area is 102 Å². The third kappa shape index (κ3) is 3.79. The first-order chi connectivity index (χ1) is 7.86. The van der Waals surface area contributed by atoms with Gasteiger partial charge in [0.15, 0.2) is 5.03 Å². The molecule has 0 saturated carbocycles. The fourth-order valence-corrected chi connectivity index (χ4v) is 2.48. The predicted molar refractivity (Wildman–Crippen MR) is 64.0 cm³/mol. The van der Waals surface area contributed by atoms with E-state index in [-0.39, 0.29) is 11.6 Å². The Bertz CT molecular complexity index is 448. The first-order valence-corrected chi connectivity index (χ1v) is 7.03. The third-order valence-corrected chi connectivity index (χ3v) is 3.79. The predicted octanol–water partition coefficient (Wildman–Crippen LogP) is 0.168. The van der Waals surface area contributed by atoms with Crippen molar-refractivity contribution in [3.63, 3.8) is 0 Å². The summed E-state index contributed by atoms with van der Waals surface area (Å²) < 4.78 is 27.6. The average Bonchev–Trinajstić information content (AvgIpc) is 2.58. The van der Waals surface area contributed by atoms with Gasteiger partial charge in [-0.2, -0.15) is 0 Å². The van der Waals surface area contributed by atoms with Crippen LogP contribution in [0.2, 0.25) is 0 Å². The number of aryl methyl sites for hydroxylation is 2. The van der Waals surface area contributed by atoms with Crippen LogP contribution in [-0.2, 0) is 17.1 Å². The maximum atomic E-state index is 11.8. The van der Waals surface area contributed by atoms with E-state index in [1.54, 1.807) is 18.5 Å². The lowest BCUT2D eigenvalue weighted by Crippen LogP contribution is -2.32. The fraction of sp³-hybridized carbons (Fsp3) is 0.700. The van der Waals surface area contributed by atoms with Crippen molar-refractivity contribution in [3.05, 3.63) is 12.0 Å². The van der Waals surface area contributed by atoms with Crippen molar-refractivity contribution in [1.29, 1.82) is 0 Å². The smallest absolute Gasteiger partial charge is 0.259 e. The van der Waals surface area contributed by atoms with Crippen molar-refractivity contribution >= 4 is 10.0 Å². The first kappa shape index (κ1) is 14.1. The molecule has 1 unspecified atom stereocenters. The molecule has 0 fully saturated rings. The van der Waals surface area contributed by atoms with Crippen molar-refractivity contribution in [2.75, 3.05) is 6.54 Å². The van der Waals surface area contributed by atoms with E-state index in [9.17, 15) is 13.5 Å². The van der Waals surface area contributed by atoms with E-state index >= 15 is 0 Å². The summed E-state index contributed by atoms with van der Waals surface area (Å²) in [7, 11) is -1.89. The number of imidazole rings is 1. The summed E-state index contributed by atoms with van der Waals surface area (Å²) in [6, 6.07) is 0. The molecule has 1 heterocycles. The van der Waals surface area contributed by atoms with E-state index in [4.69, 9.17) is 0 Å². The van der Waals surface area contributed by atoms with Gasteiger partial charge in [-0.25, -0.2) is 18.1 Å². The average molecular weight is 261 g/mol. The lowest BCUT2D eigenvalue weighted by atomic mass is 10.2. The summed E-state index contributed by atoms with van der Waals surface area (Å²) in [6.45, 7) is 3.68. The van der Waals surface area contributed by atoms with Gasteiger partial charge in [0.2, 0.25) is 0 Å². The number of aliphatic hydroxyl groups excluding tert-OH is 1. The van der Waals surface area contributed by atoms with Crippen molar-refractivity contribution in [2.45, 2.75) is 37.8 Å². The van der Waals surface area contributed by atoms with Gasteiger partial charge in [0.1, 0.15) is 5.82 Å². The van der Waals surface area contributed by atoms with Gasteiger partial charge >= 0.3 is 0 Å². The number of nitrogens with zero attached hydrogens (tertiary/aromatic N) is 2. The lowest BCUT2D eigenvalue weighted by molar-refractivity contribution is 0.167. The molecule has 0 aliphatic rings. The van der Waals surface area contributed by atoms with E-state index in [0.717, 1.165) is 6.42 Å². The summed E-state index contributed by atoms with van der Waals surface area (Å²) in [5, 5.41) is 9.45. The van der Waals surface area contributed by atoms with E-state index in [0.29, 0.717) is 12.2 Å². The van der Waals surface area contributed by atoms with Crippen LogP contribution in [-0.4, -0.2) is 35.7 Å². The highest BCUT2D eigenvalue weighted by atomic mass is 32.2. The van der Waals surface area contributed by atoms with Gasteiger partial charge in [-0.15, -0.1) is 0 Å². The number of rotatable bonds is 6. The normalized spacial score (nSPS) is 13.9. The molecule has 0 saturated heterocycles. The zero-order valence-electron chi connectivity index (χ0n) is 10.3. The molecule has 98 valence electrons. The quantitative estimate of drug-likeness (QED) is 0.764. The highest BCUT2D eigenvalue weighted by Gasteiger charge is 2.19. The van der Waals surface area contributed by atoms with Gasteiger partial charge in [0, 0.05) is 19.8 Å². The number of sulfonamides is 1. The van der Waals surface area contributed by atoms with E-state index in [1.807, 2.05) is 6.92 Å². The third-order valence-electron chi connectivity index (χ3n) is 2.49. The van der Waals surface area contributed by atoms with Crippen LogP contribution < -0.4 is 4.72 Å². The molecular weight excluding hydrogens is 242 g/mol. The maximum Gasteiger partial charge on any atom is 0.259 e. The minimum Gasteiger partial charge on any atom is -0.392 e. The zero-order chi connectivity index (χ0) is 13.1. The van der Waals surface area contributed by atoms with Gasteiger partial charge < -0.3 is 9.67 Å². The molecule has 0 aromatic carbocycles. The second-order valence-electron chi connectivity index (χ2n) is 4.03. The maximum absolute atomic E-state index is 11.8. The molecule has 2 N–H and O–H groups in total. The molecule has 0 spiro atoms. The molecule has 0 aliphatic heterocycles. The second kappa shape index (κ2) is 5.61. The van der Waals surface area contributed by atoms with Gasteiger partial charge in [-0.05, 0) is 13.3 Å². The summed E-state index contributed by atoms with van der Waals surface area (Å²) in [4.78, 5) is 3.94. The number of hydrogen-bond acceptors (Lipinski definition) is 4. The Morgan fingerprint density at radius 3 is 2.71 bits per heavy atom. The largest absolute Gasteiger partial charge is 0.392 e. The SMILES string of the molecule is CCCC(O)CNS(=O)(=O)c1cn(C)c(C)n1. The minimum absolute atomic E-state index is 0.0128. The molecule has 7 heteroatoms. The van der Waals surface area contributed by atoms with Crippen LogP contribution in [0.15, 0.2) is 11.2 Å². The van der Waals surface area contributed by atoms with Crippen LogP contribution in [0, 0.1) is 6.92 Å². The Balaban J connectivity index is 2.69. The Morgan fingerprint density at radius 1 is 1.59 bits per heavy atom. The molecule has 1 atom stereocenters.